The molecule has 1 saturated carbocycles. The Balaban J connectivity index is 1.60. The third kappa shape index (κ3) is 5.80. The second-order valence-electron chi connectivity index (χ2n) is 8.60. The van der Waals surface area contributed by atoms with Gasteiger partial charge in [0, 0.05) is 31.4 Å². The van der Waals surface area contributed by atoms with E-state index in [9.17, 15) is 23.1 Å². The van der Waals surface area contributed by atoms with Crippen molar-refractivity contribution in [2.45, 2.75) is 64.5 Å². The third-order valence-electron chi connectivity index (χ3n) is 6.31. The molecule has 168 valence electrons. The molecule has 1 aromatic rings. The molecule has 3 rings (SSSR count). The molecule has 1 heterocycles. The van der Waals surface area contributed by atoms with E-state index >= 15 is 0 Å². The van der Waals surface area contributed by atoms with Gasteiger partial charge in [-0.2, -0.15) is 0 Å². The van der Waals surface area contributed by atoms with Crippen LogP contribution < -0.4 is 9.64 Å². The number of rotatable bonds is 6. The van der Waals surface area contributed by atoms with Crippen molar-refractivity contribution in [1.82, 2.24) is 4.90 Å². The first kappa shape index (κ1) is 22.7. The number of ether oxygens (including phenoxy) is 1. The van der Waals surface area contributed by atoms with Gasteiger partial charge in [0.1, 0.15) is 5.75 Å². The highest BCUT2D eigenvalue weighted by atomic mass is 19.4. The van der Waals surface area contributed by atoms with Gasteiger partial charge in [-0.05, 0) is 50.5 Å². The lowest BCUT2D eigenvalue weighted by Gasteiger charge is -2.43. The van der Waals surface area contributed by atoms with Crippen LogP contribution in [0.15, 0.2) is 24.3 Å². The van der Waals surface area contributed by atoms with Crippen LogP contribution in [0.4, 0.5) is 18.9 Å². The van der Waals surface area contributed by atoms with Crippen molar-refractivity contribution < 1.29 is 27.8 Å². The molecule has 30 heavy (non-hydrogen) atoms. The molecule has 0 aromatic heterocycles. The Morgan fingerprint density at radius 2 is 1.83 bits per heavy atom. The summed E-state index contributed by atoms with van der Waals surface area (Å²) in [6.07, 6.45) is 0.0253. The number of benzene rings is 1. The molecule has 0 spiro atoms. The van der Waals surface area contributed by atoms with Crippen molar-refractivity contribution in [2.75, 3.05) is 24.5 Å². The molecule has 1 saturated heterocycles. The number of aliphatic hydroxyl groups is 1. The van der Waals surface area contributed by atoms with E-state index in [0.29, 0.717) is 25.6 Å². The fraction of sp³-hybridized carbons (Fsp3) is 0.682. The molecule has 0 bridgehead atoms. The third-order valence-corrected chi connectivity index (χ3v) is 6.31. The van der Waals surface area contributed by atoms with Crippen LogP contribution in [-0.2, 0) is 4.79 Å². The van der Waals surface area contributed by atoms with E-state index in [1.54, 1.807) is 19.1 Å². The predicted molar refractivity (Wildman–Crippen MR) is 108 cm³/mol. The fourth-order valence-corrected chi connectivity index (χ4v) is 4.70. The lowest BCUT2D eigenvalue weighted by molar-refractivity contribution is -0.274. The molecule has 8 heteroatoms. The van der Waals surface area contributed by atoms with Crippen molar-refractivity contribution in [2.24, 2.45) is 11.8 Å². The summed E-state index contributed by atoms with van der Waals surface area (Å²) >= 11 is 0. The summed E-state index contributed by atoms with van der Waals surface area (Å²) in [7, 11) is 0. The summed E-state index contributed by atoms with van der Waals surface area (Å²) in [4.78, 5) is 17.1. The van der Waals surface area contributed by atoms with Crippen molar-refractivity contribution in [3.05, 3.63) is 24.3 Å². The number of piperazine rings is 1. The Kier molecular flexibility index (Phi) is 7.16. The molecule has 1 aromatic carbocycles. The summed E-state index contributed by atoms with van der Waals surface area (Å²) in [5, 5.41) is 10.2. The van der Waals surface area contributed by atoms with Crippen LogP contribution in [0.25, 0.3) is 0 Å². The van der Waals surface area contributed by atoms with Crippen LogP contribution in [0.5, 0.6) is 5.75 Å². The monoisotopic (exact) mass is 428 g/mol. The number of amides is 1. The van der Waals surface area contributed by atoms with Crippen molar-refractivity contribution in [1.29, 1.82) is 0 Å². The van der Waals surface area contributed by atoms with Gasteiger partial charge in [0.15, 0.2) is 0 Å². The van der Waals surface area contributed by atoms with E-state index < -0.39 is 12.5 Å². The standard InChI is InChI=1S/C22H31F3N2O3/c1-15-14-26(18-7-9-19(10-8-18)30-22(23,24)25)11-12-27(15)21(29)20(16(2)28)13-17-5-3-4-6-17/h7-10,15-17,20,28H,3-6,11-14H2,1-2H3/t15-,16+,20+/m1/s1. The van der Waals surface area contributed by atoms with E-state index in [-0.39, 0.29) is 23.6 Å². The smallest absolute Gasteiger partial charge is 0.406 e. The van der Waals surface area contributed by atoms with Gasteiger partial charge in [0.05, 0.1) is 12.0 Å². The van der Waals surface area contributed by atoms with Gasteiger partial charge in [-0.15, -0.1) is 13.2 Å². The maximum Gasteiger partial charge on any atom is 0.573 e. The second-order valence-corrected chi connectivity index (χ2v) is 8.60. The molecule has 1 aliphatic carbocycles. The van der Waals surface area contributed by atoms with Crippen LogP contribution in [0.1, 0.15) is 46.0 Å². The predicted octanol–water partition coefficient (Wildman–Crippen LogP) is 4.20. The molecule has 1 aliphatic heterocycles. The Hall–Kier alpha value is -1.96. The Bertz CT molecular complexity index is 703. The minimum atomic E-state index is -4.71. The largest absolute Gasteiger partial charge is 0.573 e. The molecular weight excluding hydrogens is 397 g/mol. The first-order valence-electron chi connectivity index (χ1n) is 10.7. The molecule has 0 radical (unpaired) electrons. The number of aliphatic hydroxyl groups excluding tert-OH is 1. The van der Waals surface area contributed by atoms with Crippen molar-refractivity contribution >= 4 is 11.6 Å². The summed E-state index contributed by atoms with van der Waals surface area (Å²) in [6.45, 7) is 5.37. The van der Waals surface area contributed by atoms with Gasteiger partial charge in [0.25, 0.3) is 0 Å². The molecule has 1 N–H and O–H groups in total. The highest BCUT2D eigenvalue weighted by molar-refractivity contribution is 5.80. The van der Waals surface area contributed by atoms with Gasteiger partial charge < -0.3 is 19.6 Å². The average molecular weight is 428 g/mol. The zero-order valence-corrected chi connectivity index (χ0v) is 17.6. The number of carbonyl (C=O) groups is 1. The normalized spacial score (nSPS) is 22.8. The lowest BCUT2D eigenvalue weighted by atomic mass is 9.88. The molecule has 5 nitrogen and oxygen atoms in total. The summed E-state index contributed by atoms with van der Waals surface area (Å²) in [5.74, 6) is -0.0961. The fourth-order valence-electron chi connectivity index (χ4n) is 4.70. The summed E-state index contributed by atoms with van der Waals surface area (Å²) in [5.41, 5.74) is 0.793. The molecular formula is C22H31F3N2O3. The highest BCUT2D eigenvalue weighted by Gasteiger charge is 2.36. The van der Waals surface area contributed by atoms with Crippen LogP contribution >= 0.6 is 0 Å². The quantitative estimate of drug-likeness (QED) is 0.738. The van der Waals surface area contributed by atoms with Gasteiger partial charge in [-0.25, -0.2) is 0 Å². The maximum absolute atomic E-state index is 13.2. The number of carbonyl (C=O) groups excluding carboxylic acids is 1. The molecule has 2 fully saturated rings. The van der Waals surface area contributed by atoms with Crippen molar-refractivity contribution in [3.63, 3.8) is 0 Å². The number of nitrogens with zero attached hydrogens (tertiary/aromatic N) is 2. The SMILES string of the molecule is C[C@H](O)[C@H](CC1CCCC1)C(=O)N1CCN(c2ccc(OC(F)(F)F)cc2)C[C@H]1C. The number of alkyl halides is 3. The van der Waals surface area contributed by atoms with Crippen LogP contribution in [0, 0.1) is 11.8 Å². The number of anilines is 1. The summed E-state index contributed by atoms with van der Waals surface area (Å²) < 4.78 is 40.9. The molecule has 2 aliphatic rings. The lowest BCUT2D eigenvalue weighted by Crippen LogP contribution is -2.56. The minimum absolute atomic E-state index is 0.0120. The van der Waals surface area contributed by atoms with E-state index in [4.69, 9.17) is 0 Å². The van der Waals surface area contributed by atoms with E-state index in [0.717, 1.165) is 24.9 Å². The van der Waals surface area contributed by atoms with Crippen molar-refractivity contribution in [3.8, 4) is 5.75 Å². The van der Waals surface area contributed by atoms with E-state index in [2.05, 4.69) is 9.64 Å². The zero-order chi connectivity index (χ0) is 21.9. The minimum Gasteiger partial charge on any atom is -0.406 e. The Morgan fingerprint density at radius 1 is 1.20 bits per heavy atom. The molecule has 3 atom stereocenters. The zero-order valence-electron chi connectivity index (χ0n) is 17.6. The van der Waals surface area contributed by atoms with Crippen LogP contribution in [0.3, 0.4) is 0 Å². The van der Waals surface area contributed by atoms with E-state index in [1.807, 2.05) is 11.8 Å². The van der Waals surface area contributed by atoms with E-state index in [1.165, 1.54) is 25.0 Å². The second kappa shape index (κ2) is 9.45. The first-order valence-corrected chi connectivity index (χ1v) is 10.7. The Morgan fingerprint density at radius 3 is 2.37 bits per heavy atom. The maximum atomic E-state index is 13.2. The molecule has 0 unspecified atom stereocenters. The number of halogens is 3. The first-order chi connectivity index (χ1) is 14.1. The van der Waals surface area contributed by atoms with Gasteiger partial charge in [-0.1, -0.05) is 25.7 Å². The summed E-state index contributed by atoms with van der Waals surface area (Å²) in [6, 6.07) is 5.75. The van der Waals surface area contributed by atoms with Crippen LogP contribution in [0.2, 0.25) is 0 Å². The van der Waals surface area contributed by atoms with Gasteiger partial charge >= 0.3 is 6.36 Å². The average Bonchev–Trinajstić information content (AvgIpc) is 3.18. The highest BCUT2D eigenvalue weighted by Crippen LogP contribution is 2.33. The Labute approximate surface area is 175 Å². The van der Waals surface area contributed by atoms with Gasteiger partial charge in [0.2, 0.25) is 5.91 Å². The van der Waals surface area contributed by atoms with Crippen LogP contribution in [-0.4, -0.2) is 54.1 Å². The number of hydrogen-bond acceptors (Lipinski definition) is 4. The topological polar surface area (TPSA) is 53.0 Å². The van der Waals surface area contributed by atoms with Gasteiger partial charge in [-0.3, -0.25) is 4.79 Å². The molecule has 1 amide bonds. The number of hydrogen-bond donors (Lipinski definition) is 1.